The number of fused-ring (bicyclic) bond motifs is 1. The molecule has 4 aromatic rings. The maximum Gasteiger partial charge on any atom is 0.273 e. The summed E-state index contributed by atoms with van der Waals surface area (Å²) in [5, 5.41) is 15.7. The number of carbonyl (C=O) groups excluding carboxylic acids is 1. The molecular formula is C17H10N4OS2. The van der Waals surface area contributed by atoms with E-state index in [0.29, 0.717) is 16.9 Å². The SMILES string of the molecule is N#Cc1ccccc1NC(=O)c1csc2nc(-c3cccs3)cn12. The van der Waals surface area contributed by atoms with E-state index in [0.717, 1.165) is 15.5 Å². The number of thiophene rings is 1. The first-order valence-electron chi connectivity index (χ1n) is 7.07. The molecule has 0 bridgehead atoms. The molecule has 0 aliphatic heterocycles. The van der Waals surface area contributed by atoms with Crippen molar-refractivity contribution >= 4 is 39.2 Å². The first-order chi connectivity index (χ1) is 11.8. The Morgan fingerprint density at radius 3 is 2.88 bits per heavy atom. The van der Waals surface area contributed by atoms with E-state index in [1.165, 1.54) is 11.3 Å². The van der Waals surface area contributed by atoms with Crippen LogP contribution in [0, 0.1) is 11.3 Å². The molecule has 1 amide bonds. The Bertz CT molecular complexity index is 1070. The lowest BCUT2D eigenvalue weighted by Gasteiger charge is -2.05. The van der Waals surface area contributed by atoms with Crippen molar-refractivity contribution in [2.24, 2.45) is 0 Å². The van der Waals surface area contributed by atoms with Gasteiger partial charge in [-0.3, -0.25) is 9.20 Å². The molecule has 1 N–H and O–H groups in total. The van der Waals surface area contributed by atoms with Gasteiger partial charge >= 0.3 is 0 Å². The van der Waals surface area contributed by atoms with Gasteiger partial charge in [-0.25, -0.2) is 4.98 Å². The predicted molar refractivity (Wildman–Crippen MR) is 95.5 cm³/mol. The third-order valence-corrected chi connectivity index (χ3v) is 5.24. The zero-order valence-electron chi connectivity index (χ0n) is 12.3. The van der Waals surface area contributed by atoms with Crippen LogP contribution in [0.2, 0.25) is 0 Å². The van der Waals surface area contributed by atoms with Crippen LogP contribution in [0.3, 0.4) is 0 Å². The van der Waals surface area contributed by atoms with E-state index >= 15 is 0 Å². The lowest BCUT2D eigenvalue weighted by molar-refractivity contribution is 0.102. The second-order valence-corrected chi connectivity index (χ2v) is 6.77. The molecule has 24 heavy (non-hydrogen) atoms. The van der Waals surface area contributed by atoms with Gasteiger partial charge in [0.25, 0.3) is 5.91 Å². The lowest BCUT2D eigenvalue weighted by Crippen LogP contribution is -2.14. The molecule has 0 radical (unpaired) electrons. The summed E-state index contributed by atoms with van der Waals surface area (Å²) in [7, 11) is 0. The second-order valence-electron chi connectivity index (χ2n) is 4.99. The number of amides is 1. The minimum absolute atomic E-state index is 0.265. The van der Waals surface area contributed by atoms with E-state index < -0.39 is 0 Å². The van der Waals surface area contributed by atoms with Crippen LogP contribution in [0.15, 0.2) is 53.4 Å². The van der Waals surface area contributed by atoms with Crippen molar-refractivity contribution in [1.82, 2.24) is 9.38 Å². The summed E-state index contributed by atoms with van der Waals surface area (Å²) in [6.45, 7) is 0. The Labute approximate surface area is 145 Å². The van der Waals surface area contributed by atoms with Gasteiger partial charge in [-0.15, -0.1) is 22.7 Å². The molecule has 0 spiro atoms. The molecule has 4 rings (SSSR count). The highest BCUT2D eigenvalue weighted by molar-refractivity contribution is 7.15. The summed E-state index contributed by atoms with van der Waals surface area (Å²) < 4.78 is 1.78. The molecule has 0 aliphatic rings. The van der Waals surface area contributed by atoms with Gasteiger partial charge in [-0.1, -0.05) is 18.2 Å². The van der Waals surface area contributed by atoms with Crippen molar-refractivity contribution in [3.8, 4) is 16.6 Å². The van der Waals surface area contributed by atoms with Crippen molar-refractivity contribution < 1.29 is 4.79 Å². The first kappa shape index (κ1) is 14.6. The Morgan fingerprint density at radius 1 is 1.21 bits per heavy atom. The maximum atomic E-state index is 12.6. The van der Waals surface area contributed by atoms with E-state index in [1.54, 1.807) is 45.4 Å². The van der Waals surface area contributed by atoms with Gasteiger partial charge in [-0.05, 0) is 23.6 Å². The maximum absolute atomic E-state index is 12.6. The number of hydrogen-bond donors (Lipinski definition) is 1. The molecule has 116 valence electrons. The second kappa shape index (κ2) is 5.92. The number of imidazole rings is 1. The minimum atomic E-state index is -0.265. The molecule has 3 heterocycles. The Morgan fingerprint density at radius 2 is 2.08 bits per heavy atom. The zero-order chi connectivity index (χ0) is 16.5. The molecular weight excluding hydrogens is 340 g/mol. The topological polar surface area (TPSA) is 70.2 Å². The lowest BCUT2D eigenvalue weighted by atomic mass is 10.2. The average molecular weight is 350 g/mol. The van der Waals surface area contributed by atoms with Crippen LogP contribution < -0.4 is 5.32 Å². The molecule has 0 atom stereocenters. The highest BCUT2D eigenvalue weighted by atomic mass is 32.1. The highest BCUT2D eigenvalue weighted by Gasteiger charge is 2.16. The van der Waals surface area contributed by atoms with Gasteiger partial charge in [0.2, 0.25) is 0 Å². The number of rotatable bonds is 3. The molecule has 0 saturated heterocycles. The summed E-state index contributed by atoms with van der Waals surface area (Å²) in [6, 6.07) is 13.0. The Kier molecular flexibility index (Phi) is 3.61. The van der Waals surface area contributed by atoms with E-state index in [4.69, 9.17) is 5.26 Å². The summed E-state index contributed by atoms with van der Waals surface area (Å²) in [5.41, 5.74) is 2.28. The number of nitrogens with zero attached hydrogens (tertiary/aromatic N) is 3. The molecule has 1 aromatic carbocycles. The van der Waals surface area contributed by atoms with Crippen molar-refractivity contribution in [2.45, 2.75) is 0 Å². The minimum Gasteiger partial charge on any atom is -0.319 e. The number of benzene rings is 1. The third-order valence-electron chi connectivity index (χ3n) is 3.51. The van der Waals surface area contributed by atoms with Gasteiger partial charge in [0.1, 0.15) is 17.5 Å². The molecule has 7 heteroatoms. The smallest absolute Gasteiger partial charge is 0.273 e. The van der Waals surface area contributed by atoms with E-state index in [1.807, 2.05) is 23.7 Å². The standard InChI is InChI=1S/C17H10N4OS2/c18-8-11-4-1-2-5-12(11)19-16(22)14-10-24-17-20-13(9-21(14)17)15-6-3-7-23-15/h1-7,9-10H,(H,19,22). The van der Waals surface area contributed by atoms with Gasteiger partial charge < -0.3 is 5.32 Å². The van der Waals surface area contributed by atoms with Crippen molar-refractivity contribution in [3.05, 3.63) is 64.6 Å². The summed E-state index contributed by atoms with van der Waals surface area (Å²) in [4.78, 5) is 19.0. The fourth-order valence-corrected chi connectivity index (χ4v) is 3.90. The Hall–Kier alpha value is -2.95. The van der Waals surface area contributed by atoms with Crippen molar-refractivity contribution in [1.29, 1.82) is 5.26 Å². The van der Waals surface area contributed by atoms with E-state index in [9.17, 15) is 4.79 Å². The van der Waals surface area contributed by atoms with Crippen molar-refractivity contribution in [3.63, 3.8) is 0 Å². The van der Waals surface area contributed by atoms with Gasteiger partial charge in [0.15, 0.2) is 4.96 Å². The molecule has 0 saturated carbocycles. The van der Waals surface area contributed by atoms with E-state index in [-0.39, 0.29) is 5.91 Å². The number of para-hydroxylation sites is 1. The van der Waals surface area contributed by atoms with Crippen molar-refractivity contribution in [2.75, 3.05) is 5.32 Å². The number of nitriles is 1. The third kappa shape index (κ3) is 2.48. The van der Waals surface area contributed by atoms with Crippen LogP contribution >= 0.6 is 22.7 Å². The molecule has 5 nitrogen and oxygen atoms in total. The quantitative estimate of drug-likeness (QED) is 0.600. The summed E-state index contributed by atoms with van der Waals surface area (Å²) in [5.74, 6) is -0.265. The highest BCUT2D eigenvalue weighted by Crippen LogP contribution is 2.27. The zero-order valence-corrected chi connectivity index (χ0v) is 13.9. The largest absolute Gasteiger partial charge is 0.319 e. The summed E-state index contributed by atoms with van der Waals surface area (Å²) in [6.07, 6.45) is 1.86. The number of aromatic nitrogens is 2. The molecule has 3 aromatic heterocycles. The van der Waals surface area contributed by atoms with Crippen LogP contribution in [0.4, 0.5) is 5.69 Å². The number of hydrogen-bond acceptors (Lipinski definition) is 5. The fourth-order valence-electron chi connectivity index (χ4n) is 2.37. The molecule has 0 unspecified atom stereocenters. The van der Waals surface area contributed by atoms with Crippen LogP contribution in [-0.2, 0) is 0 Å². The normalized spacial score (nSPS) is 10.6. The van der Waals surface area contributed by atoms with Crippen LogP contribution in [0.1, 0.15) is 16.1 Å². The van der Waals surface area contributed by atoms with E-state index in [2.05, 4.69) is 16.4 Å². The number of thiazole rings is 1. The Balaban J connectivity index is 1.69. The number of anilines is 1. The number of carbonyl (C=O) groups is 1. The number of nitrogens with one attached hydrogen (secondary N) is 1. The van der Waals surface area contributed by atoms with Gasteiger partial charge in [0, 0.05) is 11.6 Å². The molecule has 0 aliphatic carbocycles. The monoisotopic (exact) mass is 350 g/mol. The first-order valence-corrected chi connectivity index (χ1v) is 8.83. The fraction of sp³-hybridized carbons (Fsp3) is 0. The average Bonchev–Trinajstić information content (AvgIpc) is 3.31. The van der Waals surface area contributed by atoms with Crippen LogP contribution in [0.5, 0.6) is 0 Å². The molecule has 0 fully saturated rings. The van der Waals surface area contributed by atoms with Gasteiger partial charge in [-0.2, -0.15) is 5.26 Å². The predicted octanol–water partition coefficient (Wildman–Crippen LogP) is 4.25. The van der Waals surface area contributed by atoms with Gasteiger partial charge in [0.05, 0.1) is 16.1 Å². The summed E-state index contributed by atoms with van der Waals surface area (Å²) >= 11 is 3.02. The van der Waals surface area contributed by atoms with Crippen LogP contribution in [-0.4, -0.2) is 15.3 Å². The van der Waals surface area contributed by atoms with Crippen LogP contribution in [0.25, 0.3) is 15.5 Å².